The normalized spacial score (nSPS) is 12.2. The molecule has 0 aliphatic carbocycles. The molecule has 0 aliphatic heterocycles. The molecule has 0 heterocycles. The highest BCUT2D eigenvalue weighted by Gasteiger charge is 2.19. The molecule has 0 saturated carbocycles. The SMILES string of the molecule is CC(C)CCOC(C)(C)CCC(=O)NCCN(C)C. The quantitative estimate of drug-likeness (QED) is 0.663. The lowest BCUT2D eigenvalue weighted by atomic mass is 10.0. The van der Waals surface area contributed by atoms with Gasteiger partial charge in [0.2, 0.25) is 5.91 Å². The van der Waals surface area contributed by atoms with E-state index in [4.69, 9.17) is 4.74 Å². The van der Waals surface area contributed by atoms with Crippen LogP contribution in [0.25, 0.3) is 0 Å². The van der Waals surface area contributed by atoms with Crippen LogP contribution in [0.1, 0.15) is 47.0 Å². The number of hydrogen-bond donors (Lipinski definition) is 1. The standard InChI is InChI=1S/C15H32N2O2/c1-13(2)8-12-19-15(3,4)9-7-14(18)16-10-11-17(5)6/h13H,7-12H2,1-6H3,(H,16,18). The van der Waals surface area contributed by atoms with Crippen LogP contribution in [0.15, 0.2) is 0 Å². The molecule has 0 rings (SSSR count). The Morgan fingerprint density at radius 3 is 2.47 bits per heavy atom. The predicted molar refractivity (Wildman–Crippen MR) is 80.3 cm³/mol. The van der Waals surface area contributed by atoms with Crippen molar-refractivity contribution in [3.63, 3.8) is 0 Å². The highest BCUT2D eigenvalue weighted by atomic mass is 16.5. The lowest BCUT2D eigenvalue weighted by molar-refractivity contribution is -0.123. The van der Waals surface area contributed by atoms with Crippen LogP contribution in [0.2, 0.25) is 0 Å². The first-order chi connectivity index (χ1) is 8.73. The van der Waals surface area contributed by atoms with Crippen LogP contribution in [0.3, 0.4) is 0 Å². The smallest absolute Gasteiger partial charge is 0.220 e. The van der Waals surface area contributed by atoms with Crippen molar-refractivity contribution in [2.75, 3.05) is 33.8 Å². The van der Waals surface area contributed by atoms with Gasteiger partial charge in [0, 0.05) is 26.1 Å². The van der Waals surface area contributed by atoms with Gasteiger partial charge in [-0.1, -0.05) is 13.8 Å². The van der Waals surface area contributed by atoms with E-state index in [1.54, 1.807) is 0 Å². The minimum absolute atomic E-state index is 0.113. The first-order valence-electron chi connectivity index (χ1n) is 7.28. The van der Waals surface area contributed by atoms with E-state index in [0.29, 0.717) is 18.9 Å². The second-order valence-corrected chi connectivity index (χ2v) is 6.44. The second-order valence-electron chi connectivity index (χ2n) is 6.44. The molecule has 0 aromatic rings. The van der Waals surface area contributed by atoms with Gasteiger partial charge in [0.05, 0.1) is 5.60 Å². The number of carbonyl (C=O) groups excluding carboxylic acids is 1. The third-order valence-corrected chi connectivity index (χ3v) is 3.02. The number of rotatable bonds is 10. The van der Waals surface area contributed by atoms with Gasteiger partial charge in [0.15, 0.2) is 0 Å². The monoisotopic (exact) mass is 272 g/mol. The molecule has 0 saturated heterocycles. The first-order valence-corrected chi connectivity index (χ1v) is 7.28. The Morgan fingerprint density at radius 1 is 1.32 bits per heavy atom. The highest BCUT2D eigenvalue weighted by molar-refractivity contribution is 5.75. The summed E-state index contributed by atoms with van der Waals surface area (Å²) in [5.74, 6) is 0.771. The highest BCUT2D eigenvalue weighted by Crippen LogP contribution is 2.17. The van der Waals surface area contributed by atoms with E-state index >= 15 is 0 Å². The van der Waals surface area contributed by atoms with Crippen molar-refractivity contribution < 1.29 is 9.53 Å². The summed E-state index contributed by atoms with van der Waals surface area (Å²) in [4.78, 5) is 13.7. The van der Waals surface area contributed by atoms with Crippen molar-refractivity contribution in [1.82, 2.24) is 10.2 Å². The fourth-order valence-electron chi connectivity index (χ4n) is 1.56. The molecule has 0 spiro atoms. The molecule has 19 heavy (non-hydrogen) atoms. The summed E-state index contributed by atoms with van der Waals surface area (Å²) < 4.78 is 5.85. The zero-order valence-corrected chi connectivity index (χ0v) is 13.6. The van der Waals surface area contributed by atoms with Crippen LogP contribution in [-0.4, -0.2) is 50.2 Å². The maximum atomic E-state index is 11.7. The molecule has 0 unspecified atom stereocenters. The Labute approximate surface area is 118 Å². The fraction of sp³-hybridized carbons (Fsp3) is 0.933. The van der Waals surface area contributed by atoms with Gasteiger partial charge in [-0.2, -0.15) is 0 Å². The molecular formula is C15H32N2O2. The molecule has 0 aliphatic rings. The van der Waals surface area contributed by atoms with Crippen LogP contribution < -0.4 is 5.32 Å². The number of carbonyl (C=O) groups is 1. The summed E-state index contributed by atoms with van der Waals surface area (Å²) >= 11 is 0. The molecule has 4 heteroatoms. The number of hydrogen-bond acceptors (Lipinski definition) is 3. The molecule has 0 fully saturated rings. The second kappa shape index (κ2) is 9.32. The number of nitrogens with zero attached hydrogens (tertiary/aromatic N) is 1. The largest absolute Gasteiger partial charge is 0.376 e. The van der Waals surface area contributed by atoms with E-state index < -0.39 is 0 Å². The van der Waals surface area contributed by atoms with Gasteiger partial charge >= 0.3 is 0 Å². The molecule has 0 atom stereocenters. The van der Waals surface area contributed by atoms with Gasteiger partial charge in [0.1, 0.15) is 0 Å². The first kappa shape index (κ1) is 18.4. The summed E-state index contributed by atoms with van der Waals surface area (Å²) in [5, 5.41) is 2.92. The molecule has 0 radical (unpaired) electrons. The van der Waals surface area contributed by atoms with Crippen molar-refractivity contribution >= 4 is 5.91 Å². The Kier molecular flexibility index (Phi) is 9.02. The van der Waals surface area contributed by atoms with E-state index in [9.17, 15) is 4.79 Å². The van der Waals surface area contributed by atoms with Crippen LogP contribution in [0.5, 0.6) is 0 Å². The van der Waals surface area contributed by atoms with Crippen LogP contribution >= 0.6 is 0 Å². The Hall–Kier alpha value is -0.610. The zero-order chi connectivity index (χ0) is 14.9. The molecule has 1 N–H and O–H groups in total. The fourth-order valence-corrected chi connectivity index (χ4v) is 1.56. The average molecular weight is 272 g/mol. The maximum absolute atomic E-state index is 11.7. The molecule has 0 aromatic heterocycles. The molecule has 0 aromatic carbocycles. The van der Waals surface area contributed by atoms with Gasteiger partial charge in [-0.25, -0.2) is 0 Å². The third kappa shape index (κ3) is 12.2. The topological polar surface area (TPSA) is 41.6 Å². The zero-order valence-electron chi connectivity index (χ0n) is 13.6. The van der Waals surface area contributed by atoms with Gasteiger partial charge in [-0.05, 0) is 46.7 Å². The molecule has 114 valence electrons. The average Bonchev–Trinajstić information content (AvgIpc) is 2.25. The number of ether oxygens (including phenoxy) is 1. The minimum atomic E-state index is -0.215. The minimum Gasteiger partial charge on any atom is -0.376 e. The maximum Gasteiger partial charge on any atom is 0.220 e. The lowest BCUT2D eigenvalue weighted by Gasteiger charge is -2.25. The Balaban J connectivity index is 3.73. The summed E-state index contributed by atoms with van der Waals surface area (Å²) in [5.41, 5.74) is -0.215. The van der Waals surface area contributed by atoms with Crippen molar-refractivity contribution in [1.29, 1.82) is 0 Å². The summed E-state index contributed by atoms with van der Waals surface area (Å²) in [6, 6.07) is 0. The van der Waals surface area contributed by atoms with Crippen LogP contribution in [0.4, 0.5) is 0 Å². The van der Waals surface area contributed by atoms with E-state index in [-0.39, 0.29) is 11.5 Å². The predicted octanol–water partition coefficient (Wildman–Crippen LogP) is 2.29. The van der Waals surface area contributed by atoms with Crippen molar-refractivity contribution in [3.8, 4) is 0 Å². The summed E-state index contributed by atoms with van der Waals surface area (Å²) in [6.07, 6.45) is 2.36. The van der Waals surface area contributed by atoms with E-state index in [1.165, 1.54) is 0 Å². The molecular weight excluding hydrogens is 240 g/mol. The number of amides is 1. The Morgan fingerprint density at radius 2 is 1.95 bits per heavy atom. The summed E-state index contributed by atoms with van der Waals surface area (Å²) in [7, 11) is 4.00. The lowest BCUT2D eigenvalue weighted by Crippen LogP contribution is -2.33. The van der Waals surface area contributed by atoms with Crippen LogP contribution in [-0.2, 0) is 9.53 Å². The van der Waals surface area contributed by atoms with Crippen LogP contribution in [0, 0.1) is 5.92 Å². The van der Waals surface area contributed by atoms with Gasteiger partial charge in [0.25, 0.3) is 0 Å². The number of nitrogens with one attached hydrogen (secondary N) is 1. The summed E-state index contributed by atoms with van der Waals surface area (Å²) in [6.45, 7) is 10.8. The molecule has 0 bridgehead atoms. The van der Waals surface area contributed by atoms with E-state index in [1.807, 2.05) is 14.1 Å². The van der Waals surface area contributed by atoms with Crippen molar-refractivity contribution in [2.45, 2.75) is 52.6 Å². The van der Waals surface area contributed by atoms with E-state index in [0.717, 1.165) is 26.0 Å². The molecule has 1 amide bonds. The van der Waals surface area contributed by atoms with E-state index in [2.05, 4.69) is 37.9 Å². The number of likely N-dealkylation sites (N-methyl/N-ethyl adjacent to an activating group) is 1. The van der Waals surface area contributed by atoms with Crippen molar-refractivity contribution in [3.05, 3.63) is 0 Å². The van der Waals surface area contributed by atoms with Crippen molar-refractivity contribution in [2.24, 2.45) is 5.92 Å². The van der Waals surface area contributed by atoms with Gasteiger partial charge in [-0.3, -0.25) is 4.79 Å². The molecule has 4 nitrogen and oxygen atoms in total. The third-order valence-electron chi connectivity index (χ3n) is 3.02. The Bertz CT molecular complexity index is 251. The van der Waals surface area contributed by atoms with Gasteiger partial charge < -0.3 is 15.0 Å². The van der Waals surface area contributed by atoms with Gasteiger partial charge in [-0.15, -0.1) is 0 Å².